The van der Waals surface area contributed by atoms with Crippen LogP contribution in [0.4, 0.5) is 0 Å². The number of carbonyl (C=O) groups is 1. The number of fused-ring (bicyclic) bond motifs is 1. The van der Waals surface area contributed by atoms with Crippen LogP contribution in [0.3, 0.4) is 0 Å². The smallest absolute Gasteiger partial charge is 0.307 e. The Hall–Kier alpha value is -2.04. The molecule has 1 N–H and O–H groups in total. The van der Waals surface area contributed by atoms with Gasteiger partial charge >= 0.3 is 5.97 Å². The minimum absolute atomic E-state index is 0.0254. The van der Waals surface area contributed by atoms with E-state index in [2.05, 4.69) is 4.98 Å². The molecule has 0 aliphatic heterocycles. The maximum atomic E-state index is 11.2. The lowest BCUT2D eigenvalue weighted by atomic mass is 10.1. The topological polar surface area (TPSA) is 55.1 Å². The molecule has 0 spiro atoms. The molecule has 1 aromatic carbocycles. The second kappa shape index (κ2) is 6.22. The molecule has 0 atom stereocenters. The third-order valence-electron chi connectivity index (χ3n) is 3.86. The van der Waals surface area contributed by atoms with E-state index < -0.39 is 5.97 Å². The summed E-state index contributed by atoms with van der Waals surface area (Å²) in [6.07, 6.45) is 1.68. The number of halogens is 2. The van der Waals surface area contributed by atoms with Crippen molar-refractivity contribution in [2.75, 3.05) is 0 Å². The number of nitrogens with zero attached hydrogens (tertiary/aromatic N) is 2. The van der Waals surface area contributed by atoms with Crippen LogP contribution in [-0.2, 0) is 17.8 Å². The van der Waals surface area contributed by atoms with Gasteiger partial charge < -0.3 is 9.67 Å². The van der Waals surface area contributed by atoms with Crippen LogP contribution in [0.5, 0.6) is 0 Å². The Bertz CT molecular complexity index is 903. The van der Waals surface area contributed by atoms with Crippen molar-refractivity contribution in [3.05, 3.63) is 63.4 Å². The lowest BCUT2D eigenvalue weighted by molar-refractivity contribution is -0.136. The molecule has 3 aromatic rings. The second-order valence-electron chi connectivity index (χ2n) is 5.34. The van der Waals surface area contributed by atoms with Gasteiger partial charge in [-0.15, -0.1) is 0 Å². The molecule has 0 saturated carbocycles. The Morgan fingerprint density at radius 2 is 2.04 bits per heavy atom. The molecule has 118 valence electrons. The molecule has 2 aromatic heterocycles. The van der Waals surface area contributed by atoms with Crippen LogP contribution in [0.2, 0.25) is 10.0 Å². The number of aliphatic carboxylic acids is 1. The normalized spacial score (nSPS) is 11.1. The first-order valence-corrected chi connectivity index (χ1v) is 7.81. The van der Waals surface area contributed by atoms with E-state index in [0.717, 1.165) is 27.9 Å². The van der Waals surface area contributed by atoms with Crippen molar-refractivity contribution in [3.63, 3.8) is 0 Å². The van der Waals surface area contributed by atoms with E-state index in [4.69, 9.17) is 28.3 Å². The van der Waals surface area contributed by atoms with E-state index in [1.54, 1.807) is 12.3 Å². The molecule has 3 rings (SSSR count). The Balaban J connectivity index is 2.11. The van der Waals surface area contributed by atoms with Gasteiger partial charge in [0.2, 0.25) is 0 Å². The fourth-order valence-corrected chi connectivity index (χ4v) is 3.07. The predicted molar refractivity (Wildman–Crippen MR) is 91.4 cm³/mol. The monoisotopic (exact) mass is 348 g/mol. The van der Waals surface area contributed by atoms with Crippen LogP contribution in [-0.4, -0.2) is 20.6 Å². The third-order valence-corrected chi connectivity index (χ3v) is 4.60. The molecular formula is C17H14Cl2N2O2. The van der Waals surface area contributed by atoms with Gasteiger partial charge in [-0.25, -0.2) is 4.98 Å². The van der Waals surface area contributed by atoms with Crippen molar-refractivity contribution in [3.8, 4) is 0 Å². The fourth-order valence-electron chi connectivity index (χ4n) is 2.75. The number of hydrogen-bond acceptors (Lipinski definition) is 2. The average molecular weight is 349 g/mol. The van der Waals surface area contributed by atoms with Crippen LogP contribution < -0.4 is 0 Å². The summed E-state index contributed by atoms with van der Waals surface area (Å²) in [5.41, 5.74) is 3.44. The van der Waals surface area contributed by atoms with Gasteiger partial charge in [-0.05, 0) is 42.3 Å². The van der Waals surface area contributed by atoms with E-state index in [1.165, 1.54) is 0 Å². The molecule has 0 unspecified atom stereocenters. The van der Waals surface area contributed by atoms with Gasteiger partial charge in [-0.2, -0.15) is 0 Å². The van der Waals surface area contributed by atoms with Crippen LogP contribution in [0.15, 0.2) is 36.5 Å². The number of benzene rings is 1. The average Bonchev–Trinajstić information content (AvgIpc) is 2.76. The SMILES string of the molecule is Cc1c(CC(=O)O)c2cccnc2n1Cc1ccc(Cl)c(Cl)c1. The molecule has 6 heteroatoms. The van der Waals surface area contributed by atoms with Gasteiger partial charge in [0.25, 0.3) is 0 Å². The first kappa shape index (κ1) is 15.8. The van der Waals surface area contributed by atoms with Gasteiger partial charge in [0, 0.05) is 23.8 Å². The first-order valence-electron chi connectivity index (χ1n) is 7.05. The van der Waals surface area contributed by atoms with Gasteiger partial charge in [-0.3, -0.25) is 4.79 Å². The number of carboxylic acids is 1. The summed E-state index contributed by atoms with van der Waals surface area (Å²) < 4.78 is 2.01. The van der Waals surface area contributed by atoms with Crippen LogP contribution >= 0.6 is 23.2 Å². The third kappa shape index (κ3) is 3.05. The highest BCUT2D eigenvalue weighted by Crippen LogP contribution is 2.27. The number of aromatic nitrogens is 2. The van der Waals surface area contributed by atoms with E-state index in [-0.39, 0.29) is 6.42 Å². The van der Waals surface area contributed by atoms with Crippen LogP contribution in [0, 0.1) is 6.92 Å². The molecule has 4 nitrogen and oxygen atoms in total. The minimum Gasteiger partial charge on any atom is -0.481 e. The van der Waals surface area contributed by atoms with Crippen molar-refractivity contribution in [1.29, 1.82) is 0 Å². The summed E-state index contributed by atoms with van der Waals surface area (Å²) in [6.45, 7) is 2.47. The summed E-state index contributed by atoms with van der Waals surface area (Å²) in [6, 6.07) is 9.19. The standard InChI is InChI=1S/C17H14Cl2N2O2/c1-10-13(8-16(22)23)12-3-2-6-20-17(12)21(10)9-11-4-5-14(18)15(19)7-11/h2-7H,8-9H2,1H3,(H,22,23). The maximum absolute atomic E-state index is 11.2. The zero-order valence-electron chi connectivity index (χ0n) is 12.4. The Kier molecular flexibility index (Phi) is 4.28. The van der Waals surface area contributed by atoms with Gasteiger partial charge in [-0.1, -0.05) is 29.3 Å². The lowest BCUT2D eigenvalue weighted by Gasteiger charge is -2.09. The van der Waals surface area contributed by atoms with Crippen molar-refractivity contribution in [1.82, 2.24) is 9.55 Å². The van der Waals surface area contributed by atoms with Crippen molar-refractivity contribution >= 4 is 40.2 Å². The van der Waals surface area contributed by atoms with Crippen molar-refractivity contribution < 1.29 is 9.90 Å². The molecule has 0 saturated heterocycles. The number of hydrogen-bond donors (Lipinski definition) is 1. The predicted octanol–water partition coefficient (Wildman–Crippen LogP) is 4.33. The fraction of sp³-hybridized carbons (Fsp3) is 0.176. The molecule has 0 radical (unpaired) electrons. The zero-order chi connectivity index (χ0) is 16.6. The number of pyridine rings is 1. The summed E-state index contributed by atoms with van der Waals surface area (Å²) in [5, 5.41) is 11.0. The van der Waals surface area contributed by atoms with E-state index in [1.807, 2.05) is 35.8 Å². The molecule has 23 heavy (non-hydrogen) atoms. The minimum atomic E-state index is -0.856. The quantitative estimate of drug-likeness (QED) is 0.763. The van der Waals surface area contributed by atoms with E-state index >= 15 is 0 Å². The summed E-state index contributed by atoms with van der Waals surface area (Å²) in [7, 11) is 0. The lowest BCUT2D eigenvalue weighted by Crippen LogP contribution is -2.05. The highest BCUT2D eigenvalue weighted by atomic mass is 35.5. The first-order chi connectivity index (χ1) is 11.0. The second-order valence-corrected chi connectivity index (χ2v) is 6.16. The summed E-state index contributed by atoms with van der Waals surface area (Å²) >= 11 is 12.0. The Labute approximate surface area is 143 Å². The summed E-state index contributed by atoms with van der Waals surface area (Å²) in [4.78, 5) is 15.6. The molecule has 0 aliphatic carbocycles. The van der Waals surface area contributed by atoms with Crippen LogP contribution in [0.25, 0.3) is 11.0 Å². The van der Waals surface area contributed by atoms with E-state index in [9.17, 15) is 4.79 Å². The summed E-state index contributed by atoms with van der Waals surface area (Å²) in [5.74, 6) is -0.856. The Morgan fingerprint density at radius 3 is 2.74 bits per heavy atom. The molecule has 2 heterocycles. The highest BCUT2D eigenvalue weighted by Gasteiger charge is 2.17. The Morgan fingerprint density at radius 1 is 1.26 bits per heavy atom. The van der Waals surface area contributed by atoms with Crippen molar-refractivity contribution in [2.24, 2.45) is 0 Å². The zero-order valence-corrected chi connectivity index (χ0v) is 13.9. The van der Waals surface area contributed by atoms with Crippen LogP contribution in [0.1, 0.15) is 16.8 Å². The molecule has 0 amide bonds. The number of carboxylic acid groups (broad SMARTS) is 1. The maximum Gasteiger partial charge on any atom is 0.307 e. The van der Waals surface area contributed by atoms with Gasteiger partial charge in [0.1, 0.15) is 5.65 Å². The van der Waals surface area contributed by atoms with Gasteiger partial charge in [0.15, 0.2) is 0 Å². The van der Waals surface area contributed by atoms with Gasteiger partial charge in [0.05, 0.1) is 16.5 Å². The highest BCUT2D eigenvalue weighted by molar-refractivity contribution is 6.42. The molecule has 0 aliphatic rings. The van der Waals surface area contributed by atoms with E-state index in [0.29, 0.717) is 16.6 Å². The number of rotatable bonds is 4. The molecule has 0 bridgehead atoms. The largest absolute Gasteiger partial charge is 0.481 e. The molecule has 0 fully saturated rings. The molecular weight excluding hydrogens is 335 g/mol. The van der Waals surface area contributed by atoms with Crippen molar-refractivity contribution in [2.45, 2.75) is 19.9 Å².